The van der Waals surface area contributed by atoms with Crippen molar-refractivity contribution in [2.75, 3.05) is 20.3 Å². The van der Waals surface area contributed by atoms with Gasteiger partial charge in [0.25, 0.3) is 0 Å². The molecule has 3 N–H and O–H groups in total. The Morgan fingerprint density at radius 3 is 2.22 bits per heavy atom. The van der Waals surface area contributed by atoms with E-state index in [0.29, 0.717) is 37.6 Å². The Morgan fingerprint density at radius 1 is 0.890 bits per heavy atom. The number of hydrogen-bond donors (Lipinski definition) is 3. The van der Waals surface area contributed by atoms with Gasteiger partial charge < -0.3 is 30.1 Å². The molecule has 1 unspecified atom stereocenters. The molecule has 5 atom stereocenters. The Morgan fingerprint density at radius 2 is 1.58 bits per heavy atom. The molecule has 2 aliphatic heterocycles. The van der Waals surface area contributed by atoms with Crippen molar-refractivity contribution in [1.82, 2.24) is 40.3 Å². The summed E-state index contributed by atoms with van der Waals surface area (Å²) in [5, 5.41) is 26.7. The summed E-state index contributed by atoms with van der Waals surface area (Å²) < 4.78 is 13.3. The summed E-state index contributed by atoms with van der Waals surface area (Å²) >= 11 is 3.24. The lowest BCUT2D eigenvalue weighted by molar-refractivity contribution is -0.218. The molecule has 5 aliphatic rings. The summed E-state index contributed by atoms with van der Waals surface area (Å²) in [6.07, 6.45) is 2.97. The van der Waals surface area contributed by atoms with Crippen LogP contribution in [0.25, 0.3) is 26.6 Å². The van der Waals surface area contributed by atoms with E-state index in [1.807, 2.05) is 112 Å². The summed E-state index contributed by atoms with van der Waals surface area (Å²) in [7, 11) is 1.37. The van der Waals surface area contributed by atoms with Crippen LogP contribution in [0.2, 0.25) is 0 Å². The van der Waals surface area contributed by atoms with Gasteiger partial charge in [-0.2, -0.15) is 0 Å². The number of ether oxygens (including phenoxy) is 2. The maximum atomic E-state index is 14.4. The number of carbonyl (C=O) groups excluding carboxylic acids is 4. The van der Waals surface area contributed by atoms with Crippen molar-refractivity contribution in [3.63, 3.8) is 0 Å². The van der Waals surface area contributed by atoms with E-state index in [1.165, 1.54) is 12.0 Å². The number of methoxy groups -OCH3 is 1. The minimum Gasteiger partial charge on any atom is -0.477 e. The number of aliphatic imine (C=N–C) groups is 1. The second-order valence-corrected chi connectivity index (χ2v) is 23.6. The lowest BCUT2D eigenvalue weighted by Gasteiger charge is -2.69. The van der Waals surface area contributed by atoms with Gasteiger partial charge in [-0.1, -0.05) is 69.3 Å². The largest absolute Gasteiger partial charge is 0.477 e. The van der Waals surface area contributed by atoms with Crippen LogP contribution in [0.3, 0.4) is 0 Å². The number of hydrogen-bond acceptors (Lipinski definition) is 14. The fourth-order valence-corrected chi connectivity index (χ4v) is 13.2. The standard InChI is InChI=1S/C55H61N9O7S2/c1-29-32(4)73-51-44(29)45(59-40(21-43(66)70-9)48-62-61-33(5)64(48)51)36-14-12-35(13-15-36)38-18-19-42(56-22-38)71-27-54-24-55(25-54,26-54)52(69)60-47(53(6,7)8)50(68)63-23-39(65)20-41(63)49(67)58-30(2)34-10-16-37(17-11-34)46-31(3)57-28-72-46/h10-19,22,28,30,39-41,47,65H,20-21,23-27H2,1-9H3,(H,58,67)(H,60,69)/t30-,39+,40-,41-,47?,54-,55-/m0/s1. The monoisotopic (exact) mass is 1020 g/mol. The molecule has 16 nitrogen and oxygen atoms in total. The van der Waals surface area contributed by atoms with Gasteiger partial charge in [0, 0.05) is 52.2 Å². The number of aryl methyl sites for hydroxylation is 3. The third-order valence-corrected chi connectivity index (χ3v) is 17.4. The van der Waals surface area contributed by atoms with Crippen LogP contribution in [0.4, 0.5) is 0 Å². The van der Waals surface area contributed by atoms with Gasteiger partial charge >= 0.3 is 5.97 Å². The van der Waals surface area contributed by atoms with Crippen molar-refractivity contribution < 1.29 is 33.8 Å². The number of thiophene rings is 1. The lowest BCUT2D eigenvalue weighted by atomic mass is 9.35. The van der Waals surface area contributed by atoms with Gasteiger partial charge in [-0.25, -0.2) is 9.97 Å². The highest BCUT2D eigenvalue weighted by atomic mass is 32.1. The van der Waals surface area contributed by atoms with Gasteiger partial charge in [0.1, 0.15) is 29.0 Å². The quantitative estimate of drug-likeness (QED) is 0.0890. The highest BCUT2D eigenvalue weighted by Gasteiger charge is 2.72. The Bertz CT molecular complexity index is 3130. The zero-order valence-corrected chi connectivity index (χ0v) is 44.2. The number of β-amino-alcohol motifs (C(OH)–C–C–N with tert-alkyl or cyclic N) is 1. The highest BCUT2D eigenvalue weighted by molar-refractivity contribution is 7.15. The maximum Gasteiger partial charge on any atom is 0.308 e. The number of likely N-dealkylation sites (tertiary alicyclic amines) is 1. The first-order valence-corrected chi connectivity index (χ1v) is 26.4. The van der Waals surface area contributed by atoms with Gasteiger partial charge in [0.05, 0.1) is 59.5 Å². The molecular formula is C55H61N9O7S2. The van der Waals surface area contributed by atoms with E-state index in [0.717, 1.165) is 70.9 Å². The number of pyridine rings is 1. The van der Waals surface area contributed by atoms with Crippen LogP contribution in [-0.2, 0) is 23.9 Å². The smallest absolute Gasteiger partial charge is 0.308 e. The predicted octanol–water partition coefficient (Wildman–Crippen LogP) is 8.12. The van der Waals surface area contributed by atoms with Gasteiger partial charge in [-0.3, -0.25) is 28.7 Å². The summed E-state index contributed by atoms with van der Waals surface area (Å²) in [5.74, 6) is 0.540. The number of nitrogens with zero attached hydrogens (tertiary/aromatic N) is 7. The molecule has 0 spiro atoms. The van der Waals surface area contributed by atoms with Crippen LogP contribution in [0.5, 0.6) is 5.88 Å². The first-order valence-electron chi connectivity index (χ1n) is 24.7. The van der Waals surface area contributed by atoms with E-state index in [4.69, 9.17) is 14.5 Å². The molecule has 1 saturated heterocycles. The number of rotatable bonds is 14. The molecule has 4 fully saturated rings. The maximum absolute atomic E-state index is 14.4. The van der Waals surface area contributed by atoms with Gasteiger partial charge in [0.15, 0.2) is 5.82 Å². The molecule has 2 bridgehead atoms. The average molecular weight is 1020 g/mol. The van der Waals surface area contributed by atoms with Gasteiger partial charge in [0.2, 0.25) is 23.6 Å². The van der Waals surface area contributed by atoms with E-state index < -0.39 is 35.1 Å². The molecule has 18 heteroatoms. The highest BCUT2D eigenvalue weighted by Crippen LogP contribution is 2.73. The molecule has 380 valence electrons. The number of aromatic nitrogens is 5. The molecule has 3 aliphatic carbocycles. The third-order valence-electron chi connectivity index (χ3n) is 15.2. The van der Waals surface area contributed by atoms with Gasteiger partial charge in [-0.15, -0.1) is 32.9 Å². The number of carbonyl (C=O) groups is 4. The van der Waals surface area contributed by atoms with Gasteiger partial charge in [-0.05, 0) is 87.6 Å². The van der Waals surface area contributed by atoms with Crippen LogP contribution in [-0.4, -0.2) is 103 Å². The second kappa shape index (κ2) is 19.0. The molecule has 6 heterocycles. The van der Waals surface area contributed by atoms with Crippen LogP contribution >= 0.6 is 22.7 Å². The predicted molar refractivity (Wildman–Crippen MR) is 279 cm³/mol. The number of aliphatic hydroxyl groups excluding tert-OH is 1. The van der Waals surface area contributed by atoms with Crippen molar-refractivity contribution in [2.45, 2.75) is 118 Å². The average Bonchev–Trinajstić information content (AvgIpc) is 4.11. The third kappa shape index (κ3) is 9.26. The van der Waals surface area contributed by atoms with Crippen molar-refractivity contribution in [3.8, 4) is 32.4 Å². The second-order valence-electron chi connectivity index (χ2n) is 21.5. The van der Waals surface area contributed by atoms with Crippen LogP contribution in [0.1, 0.15) is 116 Å². The van der Waals surface area contributed by atoms with Crippen molar-refractivity contribution in [2.24, 2.45) is 21.2 Å². The first kappa shape index (κ1) is 49.9. The molecule has 11 rings (SSSR count). The summed E-state index contributed by atoms with van der Waals surface area (Å²) in [5.41, 5.74) is 9.01. The first-order chi connectivity index (χ1) is 34.8. The van der Waals surface area contributed by atoms with Crippen molar-refractivity contribution >= 4 is 52.1 Å². The number of aliphatic hydroxyl groups is 1. The van der Waals surface area contributed by atoms with Crippen LogP contribution in [0, 0.1) is 43.9 Å². The molecule has 73 heavy (non-hydrogen) atoms. The zero-order chi connectivity index (χ0) is 51.7. The summed E-state index contributed by atoms with van der Waals surface area (Å²) in [6, 6.07) is 17.3. The minimum atomic E-state index is -0.910. The molecular weight excluding hydrogens is 963 g/mol. The number of amides is 3. The topological polar surface area (TPSA) is 203 Å². The minimum absolute atomic E-state index is 0.00360. The number of esters is 1. The lowest BCUT2D eigenvalue weighted by Crippen LogP contribution is -2.71. The molecule has 0 radical (unpaired) electrons. The fourth-order valence-electron chi connectivity index (χ4n) is 11.1. The van der Waals surface area contributed by atoms with E-state index in [9.17, 15) is 24.3 Å². The number of nitrogens with one attached hydrogen (secondary N) is 2. The Kier molecular flexibility index (Phi) is 13.0. The fraction of sp³-hybridized carbons (Fsp3) is 0.436. The van der Waals surface area contributed by atoms with Crippen molar-refractivity contribution in [3.05, 3.63) is 117 Å². The van der Waals surface area contributed by atoms with E-state index in [1.54, 1.807) is 28.9 Å². The number of fused-ring (bicyclic) bond motifs is 3. The number of thiazole rings is 1. The molecule has 3 saturated carbocycles. The SMILES string of the molecule is COC(=O)C[C@@H]1N=C(c2ccc(-c3ccc(OC[C@]45C[C@@](C(=O)NC(C(=O)N6C[C@H](O)C[C@H]6C(=O)N[C@@H](C)c6ccc(-c7scnc7C)cc6)C(C)(C)C)(C4)C5)nc3)cc2)c2c(sc(C)c2C)-n2c(C)nnc21. The Balaban J connectivity index is 0.747. The number of benzene rings is 2. The summed E-state index contributed by atoms with van der Waals surface area (Å²) in [4.78, 5) is 72.7. The molecule has 6 aromatic rings. The van der Waals surface area contributed by atoms with E-state index >= 15 is 0 Å². The zero-order valence-electron chi connectivity index (χ0n) is 42.6. The normalized spacial score (nSPS) is 22.6. The Hall–Kier alpha value is -6.63. The molecule has 2 aromatic carbocycles. The van der Waals surface area contributed by atoms with E-state index in [2.05, 4.69) is 44.6 Å². The van der Waals surface area contributed by atoms with Crippen LogP contribution in [0.15, 0.2) is 77.4 Å². The summed E-state index contributed by atoms with van der Waals surface area (Å²) in [6.45, 7) is 16.1. The Labute approximate surface area is 432 Å². The van der Waals surface area contributed by atoms with Crippen molar-refractivity contribution in [1.29, 1.82) is 0 Å². The van der Waals surface area contributed by atoms with Crippen LogP contribution < -0.4 is 15.4 Å². The molecule has 4 aromatic heterocycles. The molecule has 3 amide bonds. The van der Waals surface area contributed by atoms with E-state index in [-0.39, 0.29) is 54.5 Å².